The Hall–Kier alpha value is -3.47. The zero-order chi connectivity index (χ0) is 18.3. The zero-order valence-corrected chi connectivity index (χ0v) is 14.5. The van der Waals surface area contributed by atoms with Gasteiger partial charge in [0.1, 0.15) is 11.3 Å². The minimum Gasteiger partial charge on any atom is -0.316 e. The number of fused-ring (bicyclic) bond motifs is 2. The fraction of sp³-hybridized carbons (Fsp3) is 0.0952. The first-order valence-corrected chi connectivity index (χ1v) is 8.33. The summed E-state index contributed by atoms with van der Waals surface area (Å²) in [6.45, 7) is 3.62. The van der Waals surface area contributed by atoms with E-state index in [1.54, 1.807) is 25.3 Å². The molecule has 128 valence electrons. The molecule has 0 aliphatic carbocycles. The SMILES string of the molecule is Cc1nc2c(C)cccn2c(=O)c1NC(=O)c1ccc2ccccc2c1. The van der Waals surface area contributed by atoms with Gasteiger partial charge < -0.3 is 5.32 Å². The maximum absolute atomic E-state index is 12.8. The molecular weight excluding hydrogens is 326 g/mol. The minimum absolute atomic E-state index is 0.200. The Morgan fingerprint density at radius 3 is 2.58 bits per heavy atom. The van der Waals surface area contributed by atoms with Crippen molar-refractivity contribution in [2.24, 2.45) is 0 Å². The van der Waals surface area contributed by atoms with E-state index in [0.717, 1.165) is 16.3 Å². The molecule has 0 radical (unpaired) electrons. The predicted octanol–water partition coefficient (Wildman–Crippen LogP) is 3.72. The maximum atomic E-state index is 12.8. The van der Waals surface area contributed by atoms with Gasteiger partial charge in [0.25, 0.3) is 11.5 Å². The van der Waals surface area contributed by atoms with Crippen molar-refractivity contribution >= 4 is 28.0 Å². The Morgan fingerprint density at radius 1 is 1.00 bits per heavy atom. The molecule has 1 N–H and O–H groups in total. The van der Waals surface area contributed by atoms with E-state index in [0.29, 0.717) is 16.9 Å². The summed E-state index contributed by atoms with van der Waals surface area (Å²) >= 11 is 0. The molecule has 26 heavy (non-hydrogen) atoms. The van der Waals surface area contributed by atoms with Crippen molar-refractivity contribution in [1.29, 1.82) is 0 Å². The molecule has 0 aliphatic heterocycles. The van der Waals surface area contributed by atoms with Crippen LogP contribution < -0.4 is 10.9 Å². The van der Waals surface area contributed by atoms with Crippen molar-refractivity contribution in [2.45, 2.75) is 13.8 Å². The number of hydrogen-bond donors (Lipinski definition) is 1. The molecule has 0 saturated heterocycles. The van der Waals surface area contributed by atoms with Gasteiger partial charge in [-0.25, -0.2) is 4.98 Å². The van der Waals surface area contributed by atoms with Crippen molar-refractivity contribution in [3.8, 4) is 0 Å². The molecular formula is C21H17N3O2. The number of aromatic nitrogens is 2. The lowest BCUT2D eigenvalue weighted by Crippen LogP contribution is -2.25. The lowest BCUT2D eigenvalue weighted by atomic mass is 10.1. The molecule has 0 fully saturated rings. The summed E-state index contributed by atoms with van der Waals surface area (Å²) in [4.78, 5) is 29.9. The first-order chi connectivity index (χ1) is 12.5. The molecule has 5 heteroatoms. The average molecular weight is 343 g/mol. The molecule has 1 amide bonds. The number of nitrogens with one attached hydrogen (secondary N) is 1. The molecule has 0 bridgehead atoms. The van der Waals surface area contributed by atoms with Crippen molar-refractivity contribution in [3.05, 3.63) is 88.0 Å². The Labute approximate surface area is 149 Å². The highest BCUT2D eigenvalue weighted by Crippen LogP contribution is 2.17. The first-order valence-electron chi connectivity index (χ1n) is 8.33. The molecule has 2 aromatic heterocycles. The second-order valence-electron chi connectivity index (χ2n) is 6.28. The van der Waals surface area contributed by atoms with E-state index in [1.165, 1.54) is 4.40 Å². The maximum Gasteiger partial charge on any atom is 0.281 e. The number of aryl methyl sites for hydroxylation is 2. The van der Waals surface area contributed by atoms with Gasteiger partial charge in [0.2, 0.25) is 0 Å². The molecule has 0 aliphatic rings. The Morgan fingerprint density at radius 2 is 1.77 bits per heavy atom. The Bertz CT molecular complexity index is 1230. The largest absolute Gasteiger partial charge is 0.316 e. The summed E-state index contributed by atoms with van der Waals surface area (Å²) in [5.74, 6) is -0.328. The third-order valence-corrected chi connectivity index (χ3v) is 4.48. The van der Waals surface area contributed by atoms with Gasteiger partial charge in [0, 0.05) is 11.8 Å². The highest BCUT2D eigenvalue weighted by Gasteiger charge is 2.15. The van der Waals surface area contributed by atoms with Crippen LogP contribution in [0.2, 0.25) is 0 Å². The second-order valence-corrected chi connectivity index (χ2v) is 6.28. The van der Waals surface area contributed by atoms with E-state index in [2.05, 4.69) is 10.3 Å². The number of benzene rings is 2. The summed E-state index contributed by atoms with van der Waals surface area (Å²) in [6.07, 6.45) is 1.66. The fourth-order valence-corrected chi connectivity index (χ4v) is 3.06. The number of nitrogens with zero attached hydrogens (tertiary/aromatic N) is 2. The summed E-state index contributed by atoms with van der Waals surface area (Å²) in [5, 5.41) is 4.77. The van der Waals surface area contributed by atoms with Crippen LogP contribution in [0.5, 0.6) is 0 Å². The number of carbonyl (C=O) groups excluding carboxylic acids is 1. The van der Waals surface area contributed by atoms with Crippen LogP contribution in [0.3, 0.4) is 0 Å². The van der Waals surface area contributed by atoms with Gasteiger partial charge in [-0.1, -0.05) is 36.4 Å². The number of rotatable bonds is 2. The molecule has 2 aromatic carbocycles. The number of amides is 1. The second kappa shape index (κ2) is 6.11. The highest BCUT2D eigenvalue weighted by molar-refractivity contribution is 6.06. The summed E-state index contributed by atoms with van der Waals surface area (Å²) in [5.41, 5.74) is 2.41. The van der Waals surface area contributed by atoms with Crippen molar-refractivity contribution < 1.29 is 4.79 Å². The molecule has 0 atom stereocenters. The van der Waals surface area contributed by atoms with Crippen molar-refractivity contribution in [1.82, 2.24) is 9.38 Å². The first kappa shape index (κ1) is 16.0. The lowest BCUT2D eigenvalue weighted by molar-refractivity contribution is 0.102. The van der Waals surface area contributed by atoms with E-state index in [1.807, 2.05) is 49.4 Å². The fourth-order valence-electron chi connectivity index (χ4n) is 3.06. The van der Waals surface area contributed by atoms with Gasteiger partial charge >= 0.3 is 0 Å². The third kappa shape index (κ3) is 2.63. The summed E-state index contributed by atoms with van der Waals surface area (Å²) in [6, 6.07) is 17.0. The van der Waals surface area contributed by atoms with Crippen molar-refractivity contribution in [2.75, 3.05) is 5.32 Å². The van der Waals surface area contributed by atoms with E-state index >= 15 is 0 Å². The topological polar surface area (TPSA) is 63.5 Å². The predicted molar refractivity (Wildman–Crippen MR) is 103 cm³/mol. The number of pyridine rings is 1. The normalized spacial score (nSPS) is 11.0. The van der Waals surface area contributed by atoms with Crippen LogP contribution in [-0.2, 0) is 0 Å². The van der Waals surface area contributed by atoms with Crippen LogP contribution in [0.25, 0.3) is 16.4 Å². The van der Waals surface area contributed by atoms with Gasteiger partial charge in [0.15, 0.2) is 0 Å². The monoisotopic (exact) mass is 343 g/mol. The number of carbonyl (C=O) groups is 1. The smallest absolute Gasteiger partial charge is 0.281 e. The van der Waals surface area contributed by atoms with Crippen LogP contribution in [0.4, 0.5) is 5.69 Å². The van der Waals surface area contributed by atoms with E-state index < -0.39 is 0 Å². The molecule has 5 nitrogen and oxygen atoms in total. The van der Waals surface area contributed by atoms with Crippen molar-refractivity contribution in [3.63, 3.8) is 0 Å². The average Bonchev–Trinajstić information content (AvgIpc) is 2.65. The molecule has 0 unspecified atom stereocenters. The van der Waals surface area contributed by atoms with Gasteiger partial charge in [-0.15, -0.1) is 0 Å². The van der Waals surface area contributed by atoms with Crippen LogP contribution >= 0.6 is 0 Å². The Balaban J connectivity index is 1.76. The van der Waals surface area contributed by atoms with E-state index in [4.69, 9.17) is 0 Å². The van der Waals surface area contributed by atoms with Crippen LogP contribution in [0.1, 0.15) is 21.6 Å². The number of anilines is 1. The van der Waals surface area contributed by atoms with Crippen LogP contribution in [0.15, 0.2) is 65.6 Å². The van der Waals surface area contributed by atoms with Gasteiger partial charge in [-0.2, -0.15) is 0 Å². The summed E-state index contributed by atoms with van der Waals surface area (Å²) in [7, 11) is 0. The van der Waals surface area contributed by atoms with E-state index in [9.17, 15) is 9.59 Å². The molecule has 0 spiro atoms. The quantitative estimate of drug-likeness (QED) is 0.603. The van der Waals surface area contributed by atoms with Gasteiger partial charge in [-0.3, -0.25) is 14.0 Å². The van der Waals surface area contributed by atoms with Gasteiger partial charge in [0.05, 0.1) is 5.69 Å². The van der Waals surface area contributed by atoms with E-state index in [-0.39, 0.29) is 17.2 Å². The summed E-state index contributed by atoms with van der Waals surface area (Å²) < 4.78 is 1.46. The third-order valence-electron chi connectivity index (χ3n) is 4.48. The number of hydrogen-bond acceptors (Lipinski definition) is 3. The molecule has 4 aromatic rings. The molecule has 2 heterocycles. The standard InChI is InChI=1S/C21H17N3O2/c1-13-6-5-11-24-19(13)22-14(2)18(21(24)26)23-20(25)17-10-9-15-7-3-4-8-16(15)12-17/h3-12H,1-2H3,(H,23,25). The molecule has 4 rings (SSSR count). The highest BCUT2D eigenvalue weighted by atomic mass is 16.2. The van der Waals surface area contributed by atoms with Crippen LogP contribution in [-0.4, -0.2) is 15.3 Å². The zero-order valence-electron chi connectivity index (χ0n) is 14.5. The van der Waals surface area contributed by atoms with Crippen LogP contribution in [0, 0.1) is 13.8 Å². The minimum atomic E-state index is -0.328. The Kier molecular flexibility index (Phi) is 3.77. The van der Waals surface area contributed by atoms with Gasteiger partial charge in [-0.05, 0) is 48.4 Å². The lowest BCUT2D eigenvalue weighted by Gasteiger charge is -2.11. The molecule has 0 saturated carbocycles.